The number of nitrogens with one attached hydrogen (secondary N) is 2. The Bertz CT molecular complexity index is 933. The van der Waals surface area contributed by atoms with E-state index in [9.17, 15) is 18.8 Å². The van der Waals surface area contributed by atoms with Gasteiger partial charge in [0.25, 0.3) is 5.91 Å². The van der Waals surface area contributed by atoms with E-state index in [0.29, 0.717) is 24.9 Å². The van der Waals surface area contributed by atoms with E-state index in [-0.39, 0.29) is 12.5 Å². The molecule has 0 spiro atoms. The van der Waals surface area contributed by atoms with E-state index in [1.54, 1.807) is 0 Å². The lowest BCUT2D eigenvalue weighted by Gasteiger charge is -2.27. The molecule has 4 amide bonds. The number of carbonyl (C=O) groups is 3. The fourth-order valence-electron chi connectivity index (χ4n) is 3.82. The summed E-state index contributed by atoms with van der Waals surface area (Å²) in [6.07, 6.45) is 1.89. The zero-order valence-corrected chi connectivity index (χ0v) is 17.9. The average molecular weight is 426 g/mol. The number of carbonyl (C=O) groups excluding carboxylic acids is 3. The molecule has 2 N–H and O–H groups in total. The van der Waals surface area contributed by atoms with Crippen LogP contribution >= 0.6 is 0 Å². The zero-order chi connectivity index (χ0) is 22.4. The first-order valence-electron chi connectivity index (χ1n) is 10.6. The Kier molecular flexibility index (Phi) is 7.05. The van der Waals surface area contributed by atoms with Gasteiger partial charge in [0, 0.05) is 6.54 Å². The second-order valence-electron chi connectivity index (χ2n) is 7.95. The van der Waals surface area contributed by atoms with Gasteiger partial charge in [-0.2, -0.15) is 0 Å². The molecule has 1 heterocycles. The zero-order valence-electron chi connectivity index (χ0n) is 17.9. The topological polar surface area (TPSA) is 78.5 Å². The SMILES string of the molecule is CCCC[C@]1(c2ccc(F)cc2)NC(=O)N(CC(=O)NC[C@H](C)c2ccccc2)C1=O. The lowest BCUT2D eigenvalue weighted by molar-refractivity contribution is -0.135. The van der Waals surface area contributed by atoms with Crippen molar-refractivity contribution in [3.63, 3.8) is 0 Å². The first-order chi connectivity index (χ1) is 14.9. The van der Waals surface area contributed by atoms with E-state index >= 15 is 0 Å². The molecule has 1 aliphatic rings. The Hall–Kier alpha value is -3.22. The van der Waals surface area contributed by atoms with Crippen LogP contribution in [-0.2, 0) is 15.1 Å². The number of rotatable bonds is 9. The third kappa shape index (κ3) is 4.93. The van der Waals surface area contributed by atoms with Crippen LogP contribution in [0.3, 0.4) is 0 Å². The molecule has 164 valence electrons. The Morgan fingerprint density at radius 2 is 1.81 bits per heavy atom. The molecule has 1 aliphatic heterocycles. The minimum atomic E-state index is -1.28. The van der Waals surface area contributed by atoms with Gasteiger partial charge in [0.2, 0.25) is 5.91 Å². The van der Waals surface area contributed by atoms with Gasteiger partial charge in [0.05, 0.1) is 0 Å². The van der Waals surface area contributed by atoms with Crippen LogP contribution in [-0.4, -0.2) is 35.8 Å². The number of hydrogen-bond donors (Lipinski definition) is 2. The summed E-state index contributed by atoms with van der Waals surface area (Å²) in [7, 11) is 0. The van der Waals surface area contributed by atoms with E-state index in [1.165, 1.54) is 24.3 Å². The maximum atomic E-state index is 13.4. The molecule has 0 radical (unpaired) electrons. The molecule has 0 aromatic heterocycles. The van der Waals surface area contributed by atoms with Gasteiger partial charge in [-0.1, -0.05) is 69.2 Å². The molecule has 31 heavy (non-hydrogen) atoms. The molecule has 2 atom stereocenters. The summed E-state index contributed by atoms with van der Waals surface area (Å²) >= 11 is 0. The molecule has 0 aliphatic carbocycles. The van der Waals surface area contributed by atoms with Crippen LogP contribution in [0.2, 0.25) is 0 Å². The smallest absolute Gasteiger partial charge is 0.325 e. The summed E-state index contributed by atoms with van der Waals surface area (Å²) in [6, 6.07) is 14.7. The highest BCUT2D eigenvalue weighted by Crippen LogP contribution is 2.34. The van der Waals surface area contributed by atoms with Crippen LogP contribution in [0.5, 0.6) is 0 Å². The molecule has 2 aromatic carbocycles. The van der Waals surface area contributed by atoms with Crippen molar-refractivity contribution < 1.29 is 18.8 Å². The van der Waals surface area contributed by atoms with Gasteiger partial charge in [-0.25, -0.2) is 9.18 Å². The predicted octanol–water partition coefficient (Wildman–Crippen LogP) is 3.68. The number of urea groups is 1. The molecule has 0 saturated carbocycles. The molecule has 0 bridgehead atoms. The quantitative estimate of drug-likeness (QED) is 0.602. The summed E-state index contributed by atoms with van der Waals surface area (Å²) in [5.74, 6) is -1.22. The number of nitrogens with zero attached hydrogens (tertiary/aromatic N) is 1. The molecule has 7 heteroatoms. The van der Waals surface area contributed by atoms with Crippen LogP contribution in [0.4, 0.5) is 9.18 Å². The fraction of sp³-hybridized carbons (Fsp3) is 0.375. The van der Waals surface area contributed by atoms with Gasteiger partial charge in [0.1, 0.15) is 17.9 Å². The van der Waals surface area contributed by atoms with Crippen molar-refractivity contribution in [1.29, 1.82) is 0 Å². The summed E-state index contributed by atoms with van der Waals surface area (Å²) in [5, 5.41) is 5.57. The van der Waals surface area contributed by atoms with Crippen molar-refractivity contribution in [2.75, 3.05) is 13.1 Å². The summed E-state index contributed by atoms with van der Waals surface area (Å²) < 4.78 is 13.4. The van der Waals surface area contributed by atoms with Crippen molar-refractivity contribution >= 4 is 17.8 Å². The number of hydrogen-bond acceptors (Lipinski definition) is 3. The van der Waals surface area contributed by atoms with E-state index in [2.05, 4.69) is 10.6 Å². The molecule has 6 nitrogen and oxygen atoms in total. The Morgan fingerprint density at radius 1 is 1.13 bits per heavy atom. The number of halogens is 1. The minimum Gasteiger partial charge on any atom is -0.354 e. The van der Waals surface area contributed by atoms with Gasteiger partial charge in [-0.05, 0) is 35.6 Å². The van der Waals surface area contributed by atoms with Crippen LogP contribution in [0, 0.1) is 5.82 Å². The molecule has 3 rings (SSSR count). The average Bonchev–Trinajstić information content (AvgIpc) is 3.02. The Balaban J connectivity index is 1.70. The molecule has 0 unspecified atom stereocenters. The molecule has 1 saturated heterocycles. The summed E-state index contributed by atoms with van der Waals surface area (Å²) in [5.41, 5.74) is 0.326. The predicted molar refractivity (Wildman–Crippen MR) is 116 cm³/mol. The van der Waals surface area contributed by atoms with Gasteiger partial charge in [-0.3, -0.25) is 14.5 Å². The lowest BCUT2D eigenvalue weighted by Crippen LogP contribution is -2.45. The Morgan fingerprint density at radius 3 is 2.45 bits per heavy atom. The highest BCUT2D eigenvalue weighted by Gasteiger charge is 2.52. The normalized spacial score (nSPS) is 19.3. The van der Waals surface area contributed by atoms with Gasteiger partial charge >= 0.3 is 6.03 Å². The third-order valence-electron chi connectivity index (χ3n) is 5.69. The standard InChI is InChI=1S/C24H28FN3O3/c1-3-4-14-24(19-10-12-20(25)13-11-19)22(30)28(23(31)27-24)16-21(29)26-15-17(2)18-8-6-5-7-9-18/h5-13,17H,3-4,14-16H2,1-2H3,(H,26,29)(H,27,31)/t17-,24+/m0/s1. The maximum Gasteiger partial charge on any atom is 0.325 e. The van der Waals surface area contributed by atoms with Gasteiger partial charge in [0.15, 0.2) is 0 Å². The Labute approximate surface area is 181 Å². The number of imide groups is 1. The lowest BCUT2D eigenvalue weighted by atomic mass is 9.85. The highest BCUT2D eigenvalue weighted by molar-refractivity contribution is 6.09. The second kappa shape index (κ2) is 9.73. The van der Waals surface area contributed by atoms with Crippen molar-refractivity contribution in [3.05, 3.63) is 71.5 Å². The van der Waals surface area contributed by atoms with E-state index in [0.717, 1.165) is 16.9 Å². The molecule has 1 fully saturated rings. The van der Waals surface area contributed by atoms with Crippen LogP contribution in [0.1, 0.15) is 50.2 Å². The molecular formula is C24H28FN3O3. The summed E-state index contributed by atoms with van der Waals surface area (Å²) in [4.78, 5) is 39.4. The van der Waals surface area contributed by atoms with E-state index < -0.39 is 29.2 Å². The van der Waals surface area contributed by atoms with Crippen molar-refractivity contribution in [2.45, 2.75) is 44.6 Å². The maximum absolute atomic E-state index is 13.4. The van der Waals surface area contributed by atoms with Crippen molar-refractivity contribution in [3.8, 4) is 0 Å². The van der Waals surface area contributed by atoms with Crippen LogP contribution in [0.25, 0.3) is 0 Å². The van der Waals surface area contributed by atoms with Crippen LogP contribution in [0.15, 0.2) is 54.6 Å². The van der Waals surface area contributed by atoms with Crippen molar-refractivity contribution in [1.82, 2.24) is 15.5 Å². The van der Waals surface area contributed by atoms with Crippen LogP contribution < -0.4 is 10.6 Å². The largest absolute Gasteiger partial charge is 0.354 e. The number of amides is 4. The van der Waals surface area contributed by atoms with E-state index in [1.807, 2.05) is 44.2 Å². The first kappa shape index (κ1) is 22.5. The van der Waals surface area contributed by atoms with Gasteiger partial charge < -0.3 is 10.6 Å². The van der Waals surface area contributed by atoms with E-state index in [4.69, 9.17) is 0 Å². The minimum absolute atomic E-state index is 0.0936. The number of benzene rings is 2. The fourth-order valence-corrected chi connectivity index (χ4v) is 3.82. The molecule has 2 aromatic rings. The third-order valence-corrected chi connectivity index (χ3v) is 5.69. The monoisotopic (exact) mass is 425 g/mol. The highest BCUT2D eigenvalue weighted by atomic mass is 19.1. The van der Waals surface area contributed by atoms with Gasteiger partial charge in [-0.15, -0.1) is 0 Å². The molecular weight excluding hydrogens is 397 g/mol. The second-order valence-corrected chi connectivity index (χ2v) is 7.95. The first-order valence-corrected chi connectivity index (χ1v) is 10.6. The van der Waals surface area contributed by atoms with Crippen molar-refractivity contribution in [2.24, 2.45) is 0 Å². The number of unbranched alkanes of at least 4 members (excludes halogenated alkanes) is 1. The summed E-state index contributed by atoms with van der Waals surface area (Å²) in [6.45, 7) is 4.01.